The maximum Gasteiger partial charge on any atom is 0.416 e. The van der Waals surface area contributed by atoms with E-state index in [-0.39, 0.29) is 0 Å². The highest BCUT2D eigenvalue weighted by Crippen LogP contribution is 2.29. The largest absolute Gasteiger partial charge is 0.416 e. The van der Waals surface area contributed by atoms with Crippen LogP contribution in [-0.2, 0) is 12.7 Å². The monoisotopic (exact) mass is 266 g/mol. The number of hydrogen-bond acceptors (Lipinski definition) is 2. The lowest BCUT2D eigenvalue weighted by molar-refractivity contribution is -0.137. The van der Waals surface area contributed by atoms with Crippen LogP contribution in [0.1, 0.15) is 16.7 Å². The third kappa shape index (κ3) is 3.47. The Balaban J connectivity index is 2.03. The predicted octanol–water partition coefficient (Wildman–Crippen LogP) is 4.02. The van der Waals surface area contributed by atoms with E-state index >= 15 is 0 Å². The van der Waals surface area contributed by atoms with Crippen LogP contribution in [0.4, 0.5) is 18.9 Å². The van der Waals surface area contributed by atoms with Gasteiger partial charge in [-0.1, -0.05) is 12.1 Å². The van der Waals surface area contributed by atoms with Crippen molar-refractivity contribution in [1.29, 1.82) is 0 Å². The summed E-state index contributed by atoms with van der Waals surface area (Å²) in [5.41, 5.74) is 2.08. The molecule has 19 heavy (non-hydrogen) atoms. The fourth-order valence-electron chi connectivity index (χ4n) is 1.66. The average Bonchev–Trinajstić information content (AvgIpc) is 2.37. The number of aryl methyl sites for hydroxylation is 1. The summed E-state index contributed by atoms with van der Waals surface area (Å²) in [6.45, 7) is 2.40. The van der Waals surface area contributed by atoms with Crippen LogP contribution in [0.5, 0.6) is 0 Å². The molecule has 0 saturated heterocycles. The Kier molecular flexibility index (Phi) is 3.74. The van der Waals surface area contributed by atoms with E-state index in [4.69, 9.17) is 0 Å². The number of benzene rings is 1. The van der Waals surface area contributed by atoms with Crippen LogP contribution in [0.3, 0.4) is 0 Å². The van der Waals surface area contributed by atoms with E-state index in [2.05, 4.69) is 10.3 Å². The minimum absolute atomic E-state index is 0.463. The maximum atomic E-state index is 12.4. The van der Waals surface area contributed by atoms with Crippen LogP contribution in [0.2, 0.25) is 0 Å². The van der Waals surface area contributed by atoms with Gasteiger partial charge in [-0.3, -0.25) is 4.98 Å². The molecule has 1 heterocycles. The lowest BCUT2D eigenvalue weighted by atomic mass is 10.1. The minimum Gasteiger partial charge on any atom is -0.380 e. The molecule has 2 nitrogen and oxygen atoms in total. The molecule has 0 aliphatic heterocycles. The van der Waals surface area contributed by atoms with Crippen molar-refractivity contribution in [3.8, 4) is 0 Å². The molecule has 0 aliphatic rings. The summed E-state index contributed by atoms with van der Waals surface area (Å²) in [6, 6.07) is 7.00. The lowest BCUT2D eigenvalue weighted by Crippen LogP contribution is -2.06. The molecule has 2 rings (SSSR count). The zero-order valence-electron chi connectivity index (χ0n) is 10.3. The van der Waals surface area contributed by atoms with Crippen LogP contribution >= 0.6 is 0 Å². The second-order valence-electron chi connectivity index (χ2n) is 4.24. The molecule has 1 N–H and O–H groups in total. The number of halogens is 3. The topological polar surface area (TPSA) is 24.9 Å². The third-order valence-corrected chi connectivity index (χ3v) is 2.80. The number of nitrogens with zero attached hydrogens (tertiary/aromatic N) is 1. The minimum atomic E-state index is -4.29. The molecule has 1 aromatic heterocycles. The van der Waals surface area contributed by atoms with Gasteiger partial charge in [0.2, 0.25) is 0 Å². The Morgan fingerprint density at radius 2 is 1.79 bits per heavy atom. The molecule has 5 heteroatoms. The van der Waals surface area contributed by atoms with Crippen molar-refractivity contribution < 1.29 is 13.2 Å². The van der Waals surface area contributed by atoms with Crippen LogP contribution < -0.4 is 5.32 Å². The van der Waals surface area contributed by atoms with Gasteiger partial charge in [-0.25, -0.2) is 0 Å². The van der Waals surface area contributed by atoms with Crippen molar-refractivity contribution in [2.75, 3.05) is 5.32 Å². The first-order chi connectivity index (χ1) is 8.97. The van der Waals surface area contributed by atoms with Crippen molar-refractivity contribution in [3.63, 3.8) is 0 Å². The molecule has 0 unspecified atom stereocenters. The van der Waals surface area contributed by atoms with Gasteiger partial charge in [0.15, 0.2) is 0 Å². The molecule has 2 aromatic rings. The predicted molar refractivity (Wildman–Crippen MR) is 67.7 cm³/mol. The Labute approximate surface area is 109 Å². The second kappa shape index (κ2) is 5.30. The number of anilines is 1. The van der Waals surface area contributed by atoms with Gasteiger partial charge in [0, 0.05) is 12.7 Å². The Hall–Kier alpha value is -2.04. The summed E-state index contributed by atoms with van der Waals surface area (Å²) < 4.78 is 37.2. The average molecular weight is 266 g/mol. The van der Waals surface area contributed by atoms with Gasteiger partial charge in [-0.15, -0.1) is 0 Å². The normalized spacial score (nSPS) is 11.4. The third-order valence-electron chi connectivity index (χ3n) is 2.80. The summed E-state index contributed by atoms with van der Waals surface area (Å²) in [5.74, 6) is 0. The Morgan fingerprint density at radius 1 is 1.11 bits per heavy atom. The van der Waals surface area contributed by atoms with Gasteiger partial charge in [-0.05, 0) is 36.2 Å². The van der Waals surface area contributed by atoms with Gasteiger partial charge >= 0.3 is 6.18 Å². The van der Waals surface area contributed by atoms with E-state index in [0.717, 1.165) is 28.9 Å². The molecule has 0 spiro atoms. The number of hydrogen-bond donors (Lipinski definition) is 1. The fraction of sp³-hybridized carbons (Fsp3) is 0.214. The molecule has 0 aliphatic carbocycles. The molecular weight excluding hydrogens is 253 g/mol. The summed E-state index contributed by atoms with van der Waals surface area (Å²) in [4.78, 5) is 3.99. The van der Waals surface area contributed by atoms with Crippen molar-refractivity contribution in [2.24, 2.45) is 0 Å². The number of alkyl halides is 3. The fourth-order valence-corrected chi connectivity index (χ4v) is 1.66. The second-order valence-corrected chi connectivity index (χ2v) is 4.24. The zero-order valence-corrected chi connectivity index (χ0v) is 10.3. The quantitative estimate of drug-likeness (QED) is 0.907. The van der Waals surface area contributed by atoms with Crippen molar-refractivity contribution >= 4 is 5.69 Å². The van der Waals surface area contributed by atoms with Gasteiger partial charge in [-0.2, -0.15) is 13.2 Å². The van der Waals surface area contributed by atoms with Gasteiger partial charge in [0.1, 0.15) is 0 Å². The van der Waals surface area contributed by atoms with Crippen LogP contribution in [0.15, 0.2) is 42.7 Å². The number of pyridine rings is 1. The summed E-state index contributed by atoms with van der Waals surface area (Å²) in [5, 5.41) is 3.14. The van der Waals surface area contributed by atoms with E-state index < -0.39 is 11.7 Å². The molecular formula is C14H13F3N2. The molecule has 0 radical (unpaired) electrons. The molecule has 0 fully saturated rings. The van der Waals surface area contributed by atoms with Gasteiger partial charge < -0.3 is 5.32 Å². The highest BCUT2D eigenvalue weighted by atomic mass is 19.4. The first kappa shape index (κ1) is 13.4. The number of rotatable bonds is 3. The van der Waals surface area contributed by atoms with E-state index in [1.165, 1.54) is 12.1 Å². The van der Waals surface area contributed by atoms with Crippen LogP contribution in [0.25, 0.3) is 0 Å². The summed E-state index contributed by atoms with van der Waals surface area (Å²) in [7, 11) is 0. The first-order valence-electron chi connectivity index (χ1n) is 5.77. The van der Waals surface area contributed by atoms with Crippen LogP contribution in [-0.4, -0.2) is 4.98 Å². The standard InChI is InChI=1S/C14H13F3N2/c1-10-6-7-18-9-13(10)19-8-11-2-4-12(5-3-11)14(15,16)17/h2-7,9,19H,8H2,1H3. The van der Waals surface area contributed by atoms with E-state index in [9.17, 15) is 13.2 Å². The van der Waals surface area contributed by atoms with Gasteiger partial charge in [0.25, 0.3) is 0 Å². The molecule has 100 valence electrons. The number of aromatic nitrogens is 1. The molecule has 0 atom stereocenters. The first-order valence-corrected chi connectivity index (χ1v) is 5.77. The highest BCUT2D eigenvalue weighted by Gasteiger charge is 2.29. The summed E-state index contributed by atoms with van der Waals surface area (Å²) in [6.07, 6.45) is -0.899. The molecule has 0 saturated carbocycles. The van der Waals surface area contributed by atoms with E-state index in [1.54, 1.807) is 12.4 Å². The van der Waals surface area contributed by atoms with E-state index in [1.807, 2.05) is 13.0 Å². The Morgan fingerprint density at radius 3 is 2.37 bits per heavy atom. The van der Waals surface area contributed by atoms with E-state index in [0.29, 0.717) is 6.54 Å². The van der Waals surface area contributed by atoms with Crippen molar-refractivity contribution in [2.45, 2.75) is 19.6 Å². The summed E-state index contributed by atoms with van der Waals surface area (Å²) >= 11 is 0. The maximum absolute atomic E-state index is 12.4. The highest BCUT2D eigenvalue weighted by molar-refractivity contribution is 5.48. The molecule has 0 amide bonds. The van der Waals surface area contributed by atoms with Crippen LogP contribution in [0, 0.1) is 6.92 Å². The van der Waals surface area contributed by atoms with Gasteiger partial charge in [0.05, 0.1) is 17.4 Å². The molecule has 0 bridgehead atoms. The smallest absolute Gasteiger partial charge is 0.380 e. The number of nitrogens with one attached hydrogen (secondary N) is 1. The van der Waals surface area contributed by atoms with Crippen molar-refractivity contribution in [3.05, 3.63) is 59.4 Å². The zero-order chi connectivity index (χ0) is 13.9. The van der Waals surface area contributed by atoms with Crippen molar-refractivity contribution in [1.82, 2.24) is 4.98 Å². The lowest BCUT2D eigenvalue weighted by Gasteiger charge is -2.10. The SMILES string of the molecule is Cc1ccncc1NCc1ccc(C(F)(F)F)cc1. The Bertz CT molecular complexity index is 547. The molecule has 1 aromatic carbocycles.